The van der Waals surface area contributed by atoms with Crippen LogP contribution in [0.25, 0.3) is 0 Å². The Hall–Kier alpha value is -1.66. The summed E-state index contributed by atoms with van der Waals surface area (Å²) in [5.41, 5.74) is 6.54. The van der Waals surface area contributed by atoms with Gasteiger partial charge in [-0.25, -0.2) is 8.42 Å². The van der Waals surface area contributed by atoms with Crippen LogP contribution in [-0.4, -0.2) is 14.2 Å². The fourth-order valence-electron chi connectivity index (χ4n) is 1.76. The summed E-state index contributed by atoms with van der Waals surface area (Å²) in [5, 5.41) is 0. The normalized spacial score (nSPS) is 11.2. The summed E-state index contributed by atoms with van der Waals surface area (Å²) in [6, 6.07) is 13.7. The van der Waals surface area contributed by atoms with E-state index in [1.807, 2.05) is 19.1 Å². The number of sulfonamides is 1. The fourth-order valence-corrected chi connectivity index (χ4v) is 3.80. The lowest BCUT2D eigenvalue weighted by atomic mass is 10.3. The van der Waals surface area contributed by atoms with Gasteiger partial charge in [0.25, 0.3) is 10.0 Å². The quantitative estimate of drug-likeness (QED) is 0.657. The van der Waals surface area contributed by atoms with Crippen molar-refractivity contribution >= 4 is 33.2 Å². The summed E-state index contributed by atoms with van der Waals surface area (Å²) < 4.78 is 27.4. The van der Waals surface area contributed by atoms with Gasteiger partial charge in [-0.05, 0) is 30.0 Å². The largest absolute Gasteiger partial charge is 0.398 e. The number of benzene rings is 2. The standard InChI is InChI=1S/C14H16N2O2S2/c1-2-19-13-9-5-4-8-12(13)16-20(17,18)14-10-6-3-7-11(14)15/h3-10,16H,2,15H2,1H3. The molecule has 20 heavy (non-hydrogen) atoms. The topological polar surface area (TPSA) is 72.2 Å². The average molecular weight is 308 g/mol. The first kappa shape index (κ1) is 14.7. The molecule has 0 heterocycles. The van der Waals surface area contributed by atoms with Gasteiger partial charge in [-0.2, -0.15) is 0 Å². The summed E-state index contributed by atoms with van der Waals surface area (Å²) in [6.07, 6.45) is 0. The second-order valence-electron chi connectivity index (χ2n) is 4.07. The van der Waals surface area contributed by atoms with Crippen LogP contribution in [0.1, 0.15) is 6.92 Å². The molecule has 0 saturated carbocycles. The van der Waals surface area contributed by atoms with Gasteiger partial charge in [0, 0.05) is 4.90 Å². The minimum Gasteiger partial charge on any atom is -0.398 e. The van der Waals surface area contributed by atoms with E-state index in [0.717, 1.165) is 10.6 Å². The lowest BCUT2D eigenvalue weighted by molar-refractivity contribution is 0.601. The van der Waals surface area contributed by atoms with Crippen molar-refractivity contribution in [3.05, 3.63) is 48.5 Å². The molecule has 0 amide bonds. The molecule has 0 aliphatic rings. The highest BCUT2D eigenvalue weighted by Crippen LogP contribution is 2.29. The van der Waals surface area contributed by atoms with Gasteiger partial charge in [-0.15, -0.1) is 11.8 Å². The first-order chi connectivity index (χ1) is 9.54. The van der Waals surface area contributed by atoms with Gasteiger partial charge in [0.05, 0.1) is 11.4 Å². The second-order valence-corrected chi connectivity index (χ2v) is 7.03. The van der Waals surface area contributed by atoms with Crippen molar-refractivity contribution in [1.29, 1.82) is 0 Å². The molecule has 0 atom stereocenters. The minimum absolute atomic E-state index is 0.0938. The number of rotatable bonds is 5. The third-order valence-electron chi connectivity index (χ3n) is 2.64. The first-order valence-electron chi connectivity index (χ1n) is 6.13. The van der Waals surface area contributed by atoms with Crippen molar-refractivity contribution in [1.82, 2.24) is 0 Å². The molecule has 0 aromatic heterocycles. The van der Waals surface area contributed by atoms with Crippen LogP contribution >= 0.6 is 11.8 Å². The predicted molar refractivity (Wildman–Crippen MR) is 84.5 cm³/mol. The molecule has 0 aliphatic carbocycles. The molecule has 2 rings (SSSR count). The van der Waals surface area contributed by atoms with E-state index in [4.69, 9.17) is 5.73 Å². The summed E-state index contributed by atoms with van der Waals surface area (Å²) in [5.74, 6) is 0.867. The zero-order valence-corrected chi connectivity index (χ0v) is 12.7. The van der Waals surface area contributed by atoms with Crippen LogP contribution in [-0.2, 0) is 10.0 Å². The molecule has 0 bridgehead atoms. The van der Waals surface area contributed by atoms with Crippen molar-refractivity contribution in [2.24, 2.45) is 0 Å². The van der Waals surface area contributed by atoms with E-state index in [9.17, 15) is 8.42 Å². The molecule has 106 valence electrons. The van der Waals surface area contributed by atoms with Crippen LogP contribution in [0.15, 0.2) is 58.3 Å². The van der Waals surface area contributed by atoms with E-state index in [2.05, 4.69) is 4.72 Å². The zero-order valence-electron chi connectivity index (χ0n) is 11.0. The highest BCUT2D eigenvalue weighted by Gasteiger charge is 2.18. The van der Waals surface area contributed by atoms with Gasteiger partial charge in [0.1, 0.15) is 4.90 Å². The molecule has 2 aromatic carbocycles. The van der Waals surface area contributed by atoms with Crippen LogP contribution in [0, 0.1) is 0 Å². The average Bonchev–Trinajstić information content (AvgIpc) is 2.41. The highest BCUT2D eigenvalue weighted by atomic mass is 32.2. The van der Waals surface area contributed by atoms with Gasteiger partial charge in [0.15, 0.2) is 0 Å². The Morgan fingerprint density at radius 3 is 2.45 bits per heavy atom. The lowest BCUT2D eigenvalue weighted by Crippen LogP contribution is -2.15. The SMILES string of the molecule is CCSc1ccccc1NS(=O)(=O)c1ccccc1N. The summed E-state index contributed by atoms with van der Waals surface area (Å²) >= 11 is 1.58. The maximum Gasteiger partial charge on any atom is 0.263 e. The van der Waals surface area contributed by atoms with Crippen molar-refractivity contribution in [2.45, 2.75) is 16.7 Å². The molecule has 0 saturated heterocycles. The molecule has 0 radical (unpaired) electrons. The number of nitrogen functional groups attached to an aromatic ring is 1. The number of hydrogen-bond acceptors (Lipinski definition) is 4. The molecule has 3 N–H and O–H groups in total. The van der Waals surface area contributed by atoms with Gasteiger partial charge in [-0.3, -0.25) is 4.72 Å². The zero-order chi connectivity index (χ0) is 14.6. The monoisotopic (exact) mass is 308 g/mol. The lowest BCUT2D eigenvalue weighted by Gasteiger charge is -2.12. The molecule has 6 heteroatoms. The maximum atomic E-state index is 12.4. The molecule has 0 spiro atoms. The third-order valence-corrected chi connectivity index (χ3v) is 5.03. The van der Waals surface area contributed by atoms with Crippen LogP contribution in [0.5, 0.6) is 0 Å². The van der Waals surface area contributed by atoms with Crippen molar-refractivity contribution in [3.8, 4) is 0 Å². The third kappa shape index (κ3) is 3.26. The van der Waals surface area contributed by atoms with Gasteiger partial charge >= 0.3 is 0 Å². The van der Waals surface area contributed by atoms with Crippen molar-refractivity contribution in [2.75, 3.05) is 16.2 Å². The molecule has 0 fully saturated rings. The number of para-hydroxylation sites is 2. The smallest absolute Gasteiger partial charge is 0.263 e. The van der Waals surface area contributed by atoms with Crippen molar-refractivity contribution < 1.29 is 8.42 Å². The number of nitrogens with two attached hydrogens (primary N) is 1. The molecular formula is C14H16N2O2S2. The van der Waals surface area contributed by atoms with Gasteiger partial charge < -0.3 is 5.73 Å². The van der Waals surface area contributed by atoms with Gasteiger partial charge in [0.2, 0.25) is 0 Å². The Morgan fingerprint density at radius 1 is 1.10 bits per heavy atom. The van der Waals surface area contributed by atoms with Crippen molar-refractivity contribution in [3.63, 3.8) is 0 Å². The van der Waals surface area contributed by atoms with Crippen LogP contribution in [0.4, 0.5) is 11.4 Å². The van der Waals surface area contributed by atoms with E-state index in [1.54, 1.807) is 42.1 Å². The number of hydrogen-bond donors (Lipinski definition) is 2. The molecule has 0 aliphatic heterocycles. The first-order valence-corrected chi connectivity index (χ1v) is 8.60. The van der Waals surface area contributed by atoms with Gasteiger partial charge in [-0.1, -0.05) is 31.2 Å². The Morgan fingerprint density at radius 2 is 1.75 bits per heavy atom. The molecule has 2 aromatic rings. The minimum atomic E-state index is -3.67. The molecular weight excluding hydrogens is 292 g/mol. The van der Waals surface area contributed by atoms with E-state index in [-0.39, 0.29) is 10.6 Å². The maximum absolute atomic E-state index is 12.4. The van der Waals surface area contributed by atoms with E-state index in [0.29, 0.717) is 5.69 Å². The van der Waals surface area contributed by atoms with E-state index < -0.39 is 10.0 Å². The number of nitrogens with one attached hydrogen (secondary N) is 1. The van der Waals surface area contributed by atoms with E-state index >= 15 is 0 Å². The van der Waals surface area contributed by atoms with E-state index in [1.165, 1.54) is 6.07 Å². The fraction of sp³-hybridized carbons (Fsp3) is 0.143. The summed E-state index contributed by atoms with van der Waals surface area (Å²) in [7, 11) is -3.67. The Labute approximate surface area is 123 Å². The Kier molecular flexibility index (Phi) is 4.57. The second kappa shape index (κ2) is 6.19. The number of anilines is 2. The summed E-state index contributed by atoms with van der Waals surface area (Å²) in [6.45, 7) is 2.02. The highest BCUT2D eigenvalue weighted by molar-refractivity contribution is 7.99. The predicted octanol–water partition coefficient (Wildman–Crippen LogP) is 3.18. The Balaban J connectivity index is 2.37. The molecule has 0 unspecified atom stereocenters. The molecule has 4 nitrogen and oxygen atoms in total. The Bertz CT molecular complexity index is 700. The summed E-state index contributed by atoms with van der Waals surface area (Å²) in [4.78, 5) is 0.990. The van der Waals surface area contributed by atoms with Crippen LogP contribution < -0.4 is 10.5 Å². The van der Waals surface area contributed by atoms with Crippen LogP contribution in [0.2, 0.25) is 0 Å². The number of thioether (sulfide) groups is 1. The van der Waals surface area contributed by atoms with Crippen LogP contribution in [0.3, 0.4) is 0 Å².